The highest BCUT2D eigenvalue weighted by Gasteiger charge is 2.30. The topological polar surface area (TPSA) is 64.8 Å². The van der Waals surface area contributed by atoms with Gasteiger partial charge in [0.15, 0.2) is 0 Å². The number of hydrogen-bond donors (Lipinski definition) is 0. The Morgan fingerprint density at radius 3 is 2.45 bits per heavy atom. The Morgan fingerprint density at radius 1 is 1.08 bits per heavy atom. The van der Waals surface area contributed by atoms with Gasteiger partial charge in [-0.25, -0.2) is 0 Å². The summed E-state index contributed by atoms with van der Waals surface area (Å²) in [5.74, 6) is 0.935. The number of benzene rings is 2. The third kappa shape index (κ3) is 7.30. The van der Waals surface area contributed by atoms with E-state index < -0.39 is 16.7 Å². The molecule has 0 aromatic heterocycles. The summed E-state index contributed by atoms with van der Waals surface area (Å²) < 4.78 is 51.4. The monoisotopic (exact) mass is 530 g/mol. The Kier molecular flexibility index (Phi) is 8.97. The first kappa shape index (κ1) is 27.5. The number of non-ortho nitro benzene ring substituents is 1. The third-order valence-electron chi connectivity index (χ3n) is 7.12. The van der Waals surface area contributed by atoms with E-state index >= 15 is 0 Å². The Labute approximate surface area is 220 Å². The molecule has 4 rings (SSSR count). The van der Waals surface area contributed by atoms with Gasteiger partial charge in [0.25, 0.3) is 5.69 Å². The number of anilines is 1. The maximum atomic E-state index is 13.0. The molecule has 2 atom stereocenters. The predicted molar refractivity (Wildman–Crippen MR) is 141 cm³/mol. The number of allylic oxidation sites excluding steroid dienone is 3. The molecule has 2 aromatic carbocycles. The molecule has 0 spiro atoms. The fraction of sp³-hybridized carbons (Fsp3) is 0.448. The Hall–Kier alpha value is -3.49. The highest BCUT2D eigenvalue weighted by atomic mass is 19.4. The van der Waals surface area contributed by atoms with Crippen molar-refractivity contribution in [1.29, 1.82) is 0 Å². The molecule has 2 aromatic rings. The van der Waals surface area contributed by atoms with Gasteiger partial charge in [-0.3, -0.25) is 10.1 Å². The van der Waals surface area contributed by atoms with E-state index in [0.29, 0.717) is 24.5 Å². The summed E-state index contributed by atoms with van der Waals surface area (Å²) in [5.41, 5.74) is 0.0226. The standard InChI is InChI=1S/C29H33F3N2O4/c1-33(26-17-14-23(34(35)36)20-28(26)38-24-10-6-3-7-11-24)19-18-27(21-8-4-2-5-9-21)37-25-15-12-22(13-16-25)29(30,31)32/h2,4-5,8,12-17,20-21,24,27H,3,6-7,9-11,18-19H2,1H3. The molecule has 0 radical (unpaired) electrons. The van der Waals surface area contributed by atoms with Crippen LogP contribution in [0.4, 0.5) is 24.5 Å². The lowest BCUT2D eigenvalue weighted by Crippen LogP contribution is -2.32. The lowest BCUT2D eigenvalue weighted by molar-refractivity contribution is -0.384. The fourth-order valence-corrected chi connectivity index (χ4v) is 4.96. The van der Waals surface area contributed by atoms with Crippen LogP contribution in [0, 0.1) is 16.0 Å². The van der Waals surface area contributed by atoms with E-state index in [-0.39, 0.29) is 23.8 Å². The van der Waals surface area contributed by atoms with Crippen molar-refractivity contribution in [3.63, 3.8) is 0 Å². The molecule has 0 bridgehead atoms. The van der Waals surface area contributed by atoms with Crippen LogP contribution in [0.25, 0.3) is 0 Å². The van der Waals surface area contributed by atoms with Crippen LogP contribution in [0.5, 0.6) is 11.5 Å². The van der Waals surface area contributed by atoms with Crippen molar-refractivity contribution in [1.82, 2.24) is 0 Å². The minimum Gasteiger partial charge on any atom is -0.490 e. The van der Waals surface area contributed by atoms with Crippen LogP contribution in [0.3, 0.4) is 0 Å². The van der Waals surface area contributed by atoms with Gasteiger partial charge >= 0.3 is 6.18 Å². The van der Waals surface area contributed by atoms with E-state index in [1.165, 1.54) is 30.7 Å². The summed E-state index contributed by atoms with van der Waals surface area (Å²) in [6.45, 7) is 0.554. The minimum atomic E-state index is -4.40. The first-order chi connectivity index (χ1) is 18.2. The Balaban J connectivity index is 1.49. The summed E-state index contributed by atoms with van der Waals surface area (Å²) >= 11 is 0. The lowest BCUT2D eigenvalue weighted by Gasteiger charge is -2.30. The number of alkyl halides is 3. The summed E-state index contributed by atoms with van der Waals surface area (Å²) in [6.07, 6.45) is 9.90. The van der Waals surface area contributed by atoms with Gasteiger partial charge in [0.05, 0.1) is 28.3 Å². The van der Waals surface area contributed by atoms with Gasteiger partial charge in [-0.05, 0) is 62.4 Å². The van der Waals surface area contributed by atoms with Crippen LogP contribution in [0.1, 0.15) is 50.5 Å². The first-order valence-electron chi connectivity index (χ1n) is 13.0. The summed E-state index contributed by atoms with van der Waals surface area (Å²) in [6, 6.07) is 9.45. The van der Waals surface area contributed by atoms with Crippen LogP contribution in [0.15, 0.2) is 66.8 Å². The average Bonchev–Trinajstić information content (AvgIpc) is 2.91. The van der Waals surface area contributed by atoms with E-state index in [1.54, 1.807) is 6.07 Å². The zero-order valence-corrected chi connectivity index (χ0v) is 21.4. The maximum absolute atomic E-state index is 13.0. The number of rotatable bonds is 10. The predicted octanol–water partition coefficient (Wildman–Crippen LogP) is 7.73. The molecule has 9 heteroatoms. The molecule has 1 fully saturated rings. The van der Waals surface area contributed by atoms with E-state index in [0.717, 1.165) is 49.9 Å². The molecular weight excluding hydrogens is 497 g/mol. The number of halogens is 3. The van der Waals surface area contributed by atoms with Crippen LogP contribution < -0.4 is 14.4 Å². The largest absolute Gasteiger partial charge is 0.490 e. The van der Waals surface area contributed by atoms with Crippen molar-refractivity contribution >= 4 is 11.4 Å². The lowest BCUT2D eigenvalue weighted by atomic mass is 9.92. The quantitative estimate of drug-likeness (QED) is 0.232. The molecule has 2 unspecified atom stereocenters. The van der Waals surface area contributed by atoms with Gasteiger partial charge in [-0.15, -0.1) is 0 Å². The van der Waals surface area contributed by atoms with E-state index in [1.807, 2.05) is 30.2 Å². The Bertz CT molecular complexity index is 1140. The second-order valence-electron chi connectivity index (χ2n) is 9.89. The molecule has 2 aliphatic carbocycles. The normalized spacial score (nSPS) is 18.7. The molecule has 0 saturated heterocycles. The zero-order valence-electron chi connectivity index (χ0n) is 21.4. The second kappa shape index (κ2) is 12.4. The van der Waals surface area contributed by atoms with E-state index in [4.69, 9.17) is 9.47 Å². The molecule has 38 heavy (non-hydrogen) atoms. The number of nitro groups is 1. The number of nitro benzene ring substituents is 1. The second-order valence-corrected chi connectivity index (χ2v) is 9.89. The van der Waals surface area contributed by atoms with Gasteiger partial charge in [0.1, 0.15) is 17.6 Å². The van der Waals surface area contributed by atoms with Gasteiger partial charge in [-0.2, -0.15) is 13.2 Å². The van der Waals surface area contributed by atoms with Crippen molar-refractivity contribution in [2.45, 2.75) is 63.3 Å². The van der Waals surface area contributed by atoms with Crippen LogP contribution in [-0.4, -0.2) is 30.7 Å². The van der Waals surface area contributed by atoms with Crippen molar-refractivity contribution < 1.29 is 27.6 Å². The molecule has 0 aliphatic heterocycles. The summed E-state index contributed by atoms with van der Waals surface area (Å²) in [7, 11) is 1.90. The third-order valence-corrected chi connectivity index (χ3v) is 7.12. The number of nitrogens with zero attached hydrogens (tertiary/aromatic N) is 2. The van der Waals surface area contributed by atoms with Crippen molar-refractivity contribution in [3.8, 4) is 11.5 Å². The van der Waals surface area contributed by atoms with Gasteiger partial charge in [0, 0.05) is 32.0 Å². The smallest absolute Gasteiger partial charge is 0.416 e. The molecule has 2 aliphatic rings. The SMILES string of the molecule is CN(CCC(Oc1ccc(C(F)(F)F)cc1)C1C=CC=CC1)c1ccc([N+](=O)[O-])cc1OC1CCCCC1. The summed E-state index contributed by atoms with van der Waals surface area (Å²) in [5, 5.41) is 11.4. The van der Waals surface area contributed by atoms with Gasteiger partial charge < -0.3 is 14.4 Å². The number of hydrogen-bond acceptors (Lipinski definition) is 5. The molecule has 1 saturated carbocycles. The van der Waals surface area contributed by atoms with E-state index in [9.17, 15) is 23.3 Å². The highest BCUT2D eigenvalue weighted by Crippen LogP contribution is 2.36. The molecule has 0 amide bonds. The molecule has 0 N–H and O–H groups in total. The van der Waals surface area contributed by atoms with Gasteiger partial charge in [0.2, 0.25) is 0 Å². The first-order valence-corrected chi connectivity index (χ1v) is 13.0. The van der Waals surface area contributed by atoms with Crippen LogP contribution in [-0.2, 0) is 6.18 Å². The number of ether oxygens (including phenoxy) is 2. The van der Waals surface area contributed by atoms with Crippen molar-refractivity contribution in [3.05, 3.63) is 82.4 Å². The summed E-state index contributed by atoms with van der Waals surface area (Å²) in [4.78, 5) is 13.0. The molecular formula is C29H33F3N2O4. The van der Waals surface area contributed by atoms with Crippen LogP contribution in [0.2, 0.25) is 0 Å². The fourth-order valence-electron chi connectivity index (χ4n) is 4.96. The van der Waals surface area contributed by atoms with E-state index in [2.05, 4.69) is 6.08 Å². The van der Waals surface area contributed by atoms with Gasteiger partial charge in [-0.1, -0.05) is 30.7 Å². The molecule has 6 nitrogen and oxygen atoms in total. The average molecular weight is 531 g/mol. The van der Waals surface area contributed by atoms with Crippen molar-refractivity contribution in [2.75, 3.05) is 18.5 Å². The maximum Gasteiger partial charge on any atom is 0.416 e. The molecule has 0 heterocycles. The highest BCUT2D eigenvalue weighted by molar-refractivity contribution is 5.62. The molecule has 204 valence electrons. The van der Waals surface area contributed by atoms with Crippen LogP contribution >= 0.6 is 0 Å². The zero-order chi connectivity index (χ0) is 27.1. The van der Waals surface area contributed by atoms with Crippen molar-refractivity contribution in [2.24, 2.45) is 5.92 Å². The Morgan fingerprint density at radius 2 is 1.82 bits per heavy atom. The minimum absolute atomic E-state index is 0.0180.